The van der Waals surface area contributed by atoms with Crippen molar-refractivity contribution >= 4 is 30.1 Å². The van der Waals surface area contributed by atoms with Crippen LogP contribution in [0.1, 0.15) is 76.1 Å². The third-order valence-electron chi connectivity index (χ3n) is 9.21. The summed E-state index contributed by atoms with van der Waals surface area (Å²) in [5.41, 5.74) is 7.14. The first kappa shape index (κ1) is 29.1. The average molecular weight is 563 g/mol. The molecule has 3 heterocycles. The first-order valence-electron chi connectivity index (χ1n) is 14.8. The largest absolute Gasteiger partial charge is 0.407 e. The Kier molecular flexibility index (Phi) is 8.07. The number of hydrogen-bond donors (Lipinski definition) is 4. The number of H-pyrrole nitrogens is 2. The average Bonchev–Trinajstić information content (AvgIpc) is 3.49. The van der Waals surface area contributed by atoms with E-state index in [2.05, 4.69) is 114 Å². The molecular formula is C33H46N2O4Si. The quantitative estimate of drug-likeness (QED) is 0.168. The summed E-state index contributed by atoms with van der Waals surface area (Å²) in [4.78, 5) is 7.07. The minimum absolute atomic E-state index is 0.209. The Morgan fingerprint density at radius 1 is 0.800 bits per heavy atom. The Hall–Kier alpha value is -2.42. The molecule has 0 spiro atoms. The van der Waals surface area contributed by atoms with E-state index in [9.17, 15) is 10.2 Å². The Morgan fingerprint density at radius 3 is 1.80 bits per heavy atom. The smallest absolute Gasteiger partial charge is 0.201 e. The molecule has 1 aliphatic heterocycles. The molecule has 7 heteroatoms. The van der Waals surface area contributed by atoms with E-state index >= 15 is 0 Å². The van der Waals surface area contributed by atoms with Crippen molar-refractivity contribution in [1.29, 1.82) is 0 Å². The summed E-state index contributed by atoms with van der Waals surface area (Å²) in [6.07, 6.45) is -2.64. The zero-order valence-corrected chi connectivity index (χ0v) is 26.2. The Morgan fingerprint density at radius 2 is 1.30 bits per heavy atom. The van der Waals surface area contributed by atoms with Gasteiger partial charge in [-0.3, -0.25) is 0 Å². The lowest BCUT2D eigenvalue weighted by Crippen LogP contribution is -2.58. The molecule has 0 unspecified atom stereocenters. The van der Waals surface area contributed by atoms with Gasteiger partial charge in [0.05, 0.1) is 24.7 Å². The van der Waals surface area contributed by atoms with Gasteiger partial charge in [-0.15, -0.1) is 0 Å². The third-order valence-corrected chi connectivity index (χ3v) is 15.3. The SMILES string of the molecule is Cc1ccc2[nH]c([C@H]3[C@H](O)[C@@H](O[Si](C(C)C)(C(C)C)C(C)C)[C@H](c4cc5cc(C)ccc5[nH]4)O[C@@H]3CO)cc2c1. The summed E-state index contributed by atoms with van der Waals surface area (Å²) in [5, 5.41) is 25.1. The van der Waals surface area contributed by atoms with E-state index in [-0.39, 0.29) is 6.61 Å². The number of fused-ring (bicyclic) bond motifs is 2. The zero-order chi connectivity index (χ0) is 28.9. The van der Waals surface area contributed by atoms with Crippen molar-refractivity contribution in [2.45, 2.75) is 102 Å². The molecule has 4 aromatic rings. The van der Waals surface area contributed by atoms with Gasteiger partial charge in [0.25, 0.3) is 0 Å². The van der Waals surface area contributed by atoms with Crippen LogP contribution in [0.3, 0.4) is 0 Å². The minimum Gasteiger partial charge on any atom is -0.407 e. The molecule has 0 saturated carbocycles. The first-order chi connectivity index (χ1) is 19.0. The third kappa shape index (κ3) is 4.96. The minimum atomic E-state index is -2.41. The van der Waals surface area contributed by atoms with E-state index in [1.54, 1.807) is 0 Å². The van der Waals surface area contributed by atoms with Gasteiger partial charge in [-0.1, -0.05) is 64.8 Å². The number of aromatic nitrogens is 2. The fourth-order valence-corrected chi connectivity index (χ4v) is 13.0. The number of benzene rings is 2. The second-order valence-electron chi connectivity index (χ2n) is 12.8. The van der Waals surface area contributed by atoms with Crippen LogP contribution in [0.4, 0.5) is 0 Å². The van der Waals surface area contributed by atoms with Gasteiger partial charge in [-0.25, -0.2) is 0 Å². The Balaban J connectivity index is 1.64. The monoisotopic (exact) mass is 562 g/mol. The Bertz CT molecular complexity index is 1450. The van der Waals surface area contributed by atoms with Crippen LogP contribution in [0.25, 0.3) is 21.8 Å². The van der Waals surface area contributed by atoms with Crippen LogP contribution in [-0.2, 0) is 9.16 Å². The number of aryl methyl sites for hydroxylation is 2. The number of ether oxygens (including phenoxy) is 1. The van der Waals surface area contributed by atoms with Gasteiger partial charge in [-0.05, 0) is 72.3 Å². The summed E-state index contributed by atoms with van der Waals surface area (Å²) in [6, 6.07) is 16.8. The predicted octanol–water partition coefficient (Wildman–Crippen LogP) is 7.40. The zero-order valence-electron chi connectivity index (χ0n) is 25.2. The Labute approximate surface area is 239 Å². The molecule has 1 fully saturated rings. The lowest BCUT2D eigenvalue weighted by molar-refractivity contribution is -0.189. The number of aliphatic hydroxyl groups excluding tert-OH is 2. The number of aliphatic hydroxyl groups is 2. The maximum atomic E-state index is 12.3. The summed E-state index contributed by atoms with van der Waals surface area (Å²) in [6.45, 7) is 17.5. The van der Waals surface area contributed by atoms with Gasteiger partial charge < -0.3 is 29.3 Å². The van der Waals surface area contributed by atoms with Gasteiger partial charge >= 0.3 is 0 Å². The van der Waals surface area contributed by atoms with Gasteiger partial charge in [0.1, 0.15) is 12.2 Å². The molecule has 6 nitrogen and oxygen atoms in total. The van der Waals surface area contributed by atoms with Gasteiger partial charge in [0, 0.05) is 27.8 Å². The summed E-state index contributed by atoms with van der Waals surface area (Å²) >= 11 is 0. The fourth-order valence-electron chi connectivity index (χ4n) is 7.40. The molecule has 0 bridgehead atoms. The van der Waals surface area contributed by atoms with Crippen molar-refractivity contribution < 1.29 is 19.4 Å². The highest BCUT2D eigenvalue weighted by atomic mass is 28.4. The topological polar surface area (TPSA) is 90.5 Å². The normalized spacial score (nSPS) is 24.3. The molecule has 2 aromatic carbocycles. The van der Waals surface area contributed by atoms with E-state index in [0.29, 0.717) is 16.6 Å². The maximum Gasteiger partial charge on any atom is 0.201 e. The standard InChI is InChI=1S/C33H46N2O4Si/c1-18(2)40(19(3)4,20(5)6)39-33-31(37)30(27-15-23-13-21(7)9-11-25(23)34-27)29(17-36)38-32(33)28-16-24-14-22(8)10-12-26(24)35-28/h9-16,18-20,29-37H,17H2,1-8H3/t29-,30-,31+,32+,33-/m1/s1. The van der Waals surface area contributed by atoms with E-state index in [0.717, 1.165) is 33.2 Å². The molecule has 2 aromatic heterocycles. The summed E-state index contributed by atoms with van der Waals surface area (Å²) < 4.78 is 14.1. The van der Waals surface area contributed by atoms with Gasteiger partial charge in [0.15, 0.2) is 0 Å². The van der Waals surface area contributed by atoms with E-state index in [4.69, 9.17) is 9.16 Å². The number of nitrogens with one attached hydrogen (secondary N) is 2. The molecule has 5 rings (SSSR count). The molecule has 5 atom stereocenters. The number of hydrogen-bond acceptors (Lipinski definition) is 4. The molecule has 216 valence electrons. The van der Waals surface area contributed by atoms with Crippen LogP contribution in [0.5, 0.6) is 0 Å². The molecule has 4 N–H and O–H groups in total. The molecule has 40 heavy (non-hydrogen) atoms. The molecule has 1 aliphatic rings. The lowest BCUT2D eigenvalue weighted by Gasteiger charge is -2.51. The molecular weight excluding hydrogens is 516 g/mol. The van der Waals surface area contributed by atoms with Crippen molar-refractivity contribution in [2.24, 2.45) is 0 Å². The molecule has 0 radical (unpaired) electrons. The van der Waals surface area contributed by atoms with Crippen LogP contribution in [0.15, 0.2) is 48.5 Å². The van der Waals surface area contributed by atoms with Crippen molar-refractivity contribution in [3.63, 3.8) is 0 Å². The fraction of sp³-hybridized carbons (Fsp3) is 0.515. The summed E-state index contributed by atoms with van der Waals surface area (Å²) in [5.74, 6) is -0.469. The maximum absolute atomic E-state index is 12.3. The van der Waals surface area contributed by atoms with E-state index < -0.39 is 38.7 Å². The van der Waals surface area contributed by atoms with Crippen molar-refractivity contribution in [1.82, 2.24) is 9.97 Å². The highest BCUT2D eigenvalue weighted by molar-refractivity contribution is 6.77. The van der Waals surface area contributed by atoms with Crippen molar-refractivity contribution in [3.05, 3.63) is 71.0 Å². The van der Waals surface area contributed by atoms with E-state index in [1.807, 2.05) is 0 Å². The van der Waals surface area contributed by atoms with E-state index in [1.165, 1.54) is 11.1 Å². The molecule has 1 saturated heterocycles. The van der Waals surface area contributed by atoms with Crippen LogP contribution >= 0.6 is 0 Å². The lowest BCUT2D eigenvalue weighted by atomic mass is 9.83. The highest BCUT2D eigenvalue weighted by Crippen LogP contribution is 2.49. The second kappa shape index (κ2) is 11.1. The summed E-state index contributed by atoms with van der Waals surface area (Å²) in [7, 11) is -2.41. The van der Waals surface area contributed by atoms with Gasteiger partial charge in [0.2, 0.25) is 8.32 Å². The molecule has 0 amide bonds. The number of aromatic amines is 2. The van der Waals surface area contributed by atoms with Crippen molar-refractivity contribution in [3.8, 4) is 0 Å². The van der Waals surface area contributed by atoms with Crippen LogP contribution in [0, 0.1) is 13.8 Å². The molecule has 0 aliphatic carbocycles. The number of rotatable bonds is 8. The van der Waals surface area contributed by atoms with Crippen LogP contribution in [-0.4, -0.2) is 53.4 Å². The highest BCUT2D eigenvalue weighted by Gasteiger charge is 2.54. The van der Waals surface area contributed by atoms with Crippen LogP contribution in [0.2, 0.25) is 16.6 Å². The first-order valence-corrected chi connectivity index (χ1v) is 16.9. The van der Waals surface area contributed by atoms with Crippen molar-refractivity contribution in [2.75, 3.05) is 6.61 Å². The second-order valence-corrected chi connectivity index (χ2v) is 18.2. The predicted molar refractivity (Wildman–Crippen MR) is 165 cm³/mol. The van der Waals surface area contributed by atoms with Crippen LogP contribution < -0.4 is 0 Å². The van der Waals surface area contributed by atoms with Gasteiger partial charge in [-0.2, -0.15) is 0 Å².